The van der Waals surface area contributed by atoms with Gasteiger partial charge >= 0.3 is 5.97 Å². The first kappa shape index (κ1) is 50.6. The van der Waals surface area contributed by atoms with Gasteiger partial charge in [-0.05, 0) is 80.5 Å². The van der Waals surface area contributed by atoms with Crippen LogP contribution in [0.25, 0.3) is 0 Å². The molecule has 0 bridgehead atoms. The van der Waals surface area contributed by atoms with Gasteiger partial charge < -0.3 is 94.4 Å². The first-order valence-corrected chi connectivity index (χ1v) is 23.7. The molecule has 25 atom stereocenters. The molecule has 12 N–H and O–H groups in total. The van der Waals surface area contributed by atoms with Crippen LogP contribution in [0.2, 0.25) is 0 Å². The molecule has 6 fully saturated rings. The van der Waals surface area contributed by atoms with Crippen LogP contribution >= 0.6 is 0 Å². The Balaban J connectivity index is 0.872. The number of hydrogen-bond acceptors (Lipinski definition) is 20. The molecule has 0 aromatic carbocycles. The largest absolute Gasteiger partial charge is 0.458 e. The molecule has 4 aliphatic heterocycles. The molecule has 0 radical (unpaired) electrons. The molecule has 20 nitrogen and oxygen atoms in total. The average molecular weight is 945 g/mol. The molecular formula is C46H72O20. The number of esters is 1. The summed E-state index contributed by atoms with van der Waals surface area (Å²) in [7, 11) is 0. The highest BCUT2D eigenvalue weighted by molar-refractivity contribution is 5.90. The summed E-state index contributed by atoms with van der Waals surface area (Å²) < 4.78 is 40.1. The molecule has 376 valence electrons. The van der Waals surface area contributed by atoms with Crippen LogP contribution in [0.1, 0.15) is 79.1 Å². The van der Waals surface area contributed by atoms with Gasteiger partial charge in [-0.3, -0.25) is 0 Å². The fourth-order valence-corrected chi connectivity index (χ4v) is 13.4. The Morgan fingerprint density at radius 3 is 2.06 bits per heavy atom. The summed E-state index contributed by atoms with van der Waals surface area (Å²) in [6.07, 6.45) is -16.5. The summed E-state index contributed by atoms with van der Waals surface area (Å²) in [4.78, 5) is 13.4. The van der Waals surface area contributed by atoms with E-state index in [1.165, 1.54) is 0 Å². The highest BCUT2D eigenvalue weighted by atomic mass is 16.7. The van der Waals surface area contributed by atoms with Gasteiger partial charge in [0.05, 0.1) is 44.2 Å². The average Bonchev–Trinajstić information content (AvgIpc) is 3.65. The minimum absolute atomic E-state index is 0.0204. The fourth-order valence-electron chi connectivity index (χ4n) is 13.4. The number of allylic oxidation sites excluding steroid dienone is 1. The zero-order chi connectivity index (χ0) is 47.7. The Morgan fingerprint density at radius 1 is 0.742 bits per heavy atom. The normalized spacial score (nSPS) is 51.3. The Morgan fingerprint density at radius 2 is 1.38 bits per heavy atom. The minimum atomic E-state index is -1.70. The van der Waals surface area contributed by atoms with E-state index >= 15 is 0 Å². The van der Waals surface area contributed by atoms with Crippen molar-refractivity contribution in [3.63, 3.8) is 0 Å². The lowest BCUT2D eigenvalue weighted by Crippen LogP contribution is -2.62. The van der Waals surface area contributed by atoms with Crippen LogP contribution in [0.4, 0.5) is 0 Å². The fraction of sp³-hybridized carbons (Fsp3) is 0.891. The van der Waals surface area contributed by atoms with Gasteiger partial charge in [0.25, 0.3) is 0 Å². The van der Waals surface area contributed by atoms with Gasteiger partial charge in [0.15, 0.2) is 18.9 Å². The van der Waals surface area contributed by atoms with Crippen molar-refractivity contribution in [2.24, 2.45) is 40.4 Å². The highest BCUT2D eigenvalue weighted by Gasteiger charge is 2.62. The van der Waals surface area contributed by atoms with Crippen LogP contribution in [0.15, 0.2) is 22.8 Å². The Kier molecular flexibility index (Phi) is 15.2. The van der Waals surface area contributed by atoms with E-state index in [4.69, 9.17) is 33.2 Å². The third-order valence-electron chi connectivity index (χ3n) is 17.5. The maximum Gasteiger partial charge on any atom is 0.336 e. The van der Waals surface area contributed by atoms with Gasteiger partial charge in [-0.1, -0.05) is 38.0 Å². The standard InChI is InChI=1S/C46H72O20/c1-18-11-27(63-41(58)23(18)15-60-16-29-33(50)35(52)38(55)42(59)64-29)19(2)24-7-8-25-22-6-5-20-12-21(13-31(48)46(20,4)26(22)9-10-45(24,25)3)62-44-40(57)37(54)34(51)30(66-44)17-61-43-39(56)36(53)32(49)28(14-47)65-43/h5,19,21-22,24-40,42-44,47-57,59H,6-17H2,1-4H3/t19-,21+,22-,24+,25-,26-,27+,28+,29+,30+,31-,32+,33+,34+,35-,36-,37-,38+,39+,40+,42+,43+,44+,45-,46-/m0/s1. The lowest BCUT2D eigenvalue weighted by molar-refractivity contribution is -0.337. The van der Waals surface area contributed by atoms with E-state index in [0.717, 1.165) is 43.3 Å². The summed E-state index contributed by atoms with van der Waals surface area (Å²) in [6.45, 7) is 7.11. The quantitative estimate of drug-likeness (QED) is 0.0719. The number of carbonyl (C=O) groups is 1. The van der Waals surface area contributed by atoms with Crippen LogP contribution in [0.3, 0.4) is 0 Å². The van der Waals surface area contributed by atoms with Crippen molar-refractivity contribution in [2.75, 3.05) is 26.4 Å². The van der Waals surface area contributed by atoms with Crippen LogP contribution in [-0.4, -0.2) is 204 Å². The smallest absolute Gasteiger partial charge is 0.336 e. The van der Waals surface area contributed by atoms with Crippen molar-refractivity contribution in [3.8, 4) is 0 Å². The molecule has 0 aromatic heterocycles. The maximum atomic E-state index is 13.4. The molecule has 0 aromatic rings. The predicted molar refractivity (Wildman–Crippen MR) is 224 cm³/mol. The van der Waals surface area contributed by atoms with Gasteiger partial charge in [0, 0.05) is 18.3 Å². The molecule has 3 saturated heterocycles. The van der Waals surface area contributed by atoms with Gasteiger partial charge in [0.1, 0.15) is 79.4 Å². The van der Waals surface area contributed by atoms with Gasteiger partial charge in [-0.15, -0.1) is 0 Å². The van der Waals surface area contributed by atoms with Crippen molar-refractivity contribution in [2.45, 2.75) is 189 Å². The third-order valence-corrected chi connectivity index (χ3v) is 17.5. The van der Waals surface area contributed by atoms with Gasteiger partial charge in [-0.2, -0.15) is 0 Å². The minimum Gasteiger partial charge on any atom is -0.458 e. The number of rotatable bonds is 12. The Labute approximate surface area is 383 Å². The van der Waals surface area contributed by atoms with Gasteiger partial charge in [-0.25, -0.2) is 4.79 Å². The lowest BCUT2D eigenvalue weighted by atomic mass is 9.46. The predicted octanol–water partition coefficient (Wildman–Crippen LogP) is -2.37. The van der Waals surface area contributed by atoms with Crippen molar-refractivity contribution >= 4 is 5.97 Å². The first-order chi connectivity index (χ1) is 31.2. The van der Waals surface area contributed by atoms with Crippen LogP contribution < -0.4 is 0 Å². The molecular weight excluding hydrogens is 872 g/mol. The molecule has 8 rings (SSSR count). The number of fused-ring (bicyclic) bond motifs is 5. The van der Waals surface area contributed by atoms with E-state index in [0.29, 0.717) is 36.2 Å². The van der Waals surface area contributed by atoms with Crippen LogP contribution in [-0.2, 0) is 38.0 Å². The number of aliphatic hydroxyl groups excluding tert-OH is 12. The van der Waals surface area contributed by atoms with E-state index in [9.17, 15) is 66.1 Å². The van der Waals surface area contributed by atoms with E-state index in [1.54, 1.807) is 0 Å². The second-order valence-electron chi connectivity index (χ2n) is 20.9. The summed E-state index contributed by atoms with van der Waals surface area (Å²) in [5, 5.41) is 125. The molecule has 8 aliphatic rings. The monoisotopic (exact) mass is 944 g/mol. The topological polar surface area (TPSA) is 324 Å². The number of cyclic esters (lactones) is 1. The van der Waals surface area contributed by atoms with Crippen molar-refractivity contribution in [3.05, 3.63) is 22.8 Å². The summed E-state index contributed by atoms with van der Waals surface area (Å²) >= 11 is 0. The molecule has 0 unspecified atom stereocenters. The first-order valence-electron chi connectivity index (χ1n) is 23.7. The highest BCUT2D eigenvalue weighted by Crippen LogP contribution is 2.67. The molecule has 3 saturated carbocycles. The summed E-state index contributed by atoms with van der Waals surface area (Å²) in [5.41, 5.74) is 1.74. The van der Waals surface area contributed by atoms with E-state index in [1.807, 2.05) is 6.92 Å². The Bertz CT molecular complexity index is 1780. The van der Waals surface area contributed by atoms with Crippen molar-refractivity contribution in [1.82, 2.24) is 0 Å². The number of hydrogen-bond donors (Lipinski definition) is 12. The van der Waals surface area contributed by atoms with E-state index in [2.05, 4.69) is 26.8 Å². The number of carbonyl (C=O) groups excluding carboxylic acids is 1. The maximum absolute atomic E-state index is 13.4. The van der Waals surface area contributed by atoms with Crippen molar-refractivity contribution in [1.29, 1.82) is 0 Å². The molecule has 66 heavy (non-hydrogen) atoms. The molecule has 20 heteroatoms. The van der Waals surface area contributed by atoms with Crippen molar-refractivity contribution < 1.29 is 99.2 Å². The zero-order valence-electron chi connectivity index (χ0n) is 38.0. The van der Waals surface area contributed by atoms with E-state index < -0.39 is 129 Å². The second kappa shape index (κ2) is 19.8. The summed E-state index contributed by atoms with van der Waals surface area (Å²) in [5.74, 6) is 0.801. The lowest BCUT2D eigenvalue weighted by Gasteiger charge is -2.60. The second-order valence-corrected chi connectivity index (χ2v) is 20.9. The van der Waals surface area contributed by atoms with Crippen LogP contribution in [0.5, 0.6) is 0 Å². The Hall–Kier alpha value is -1.77. The number of ether oxygens (including phenoxy) is 7. The SMILES string of the molecule is CC1=C(COC[C@H]2O[C@@H](O)[C@H](O)[C@@H](O)[C@@H]2O)C(=O)O[C@@H]([C@@H](C)[C@H]2CC[C@H]3[C@@H]4CC=C5C[C@@H](O[C@@H]6O[C@H](CO[C@@H]7O[C@H](CO)[C@@H](O)[C@H](O)[C@H]7O)[C@@H](O)[C@H](O)[C@H]6O)C[C@H](O)[C@]5(C)[C@H]4CC[C@@]23C)C1. The molecule has 0 spiro atoms. The van der Waals surface area contributed by atoms with E-state index in [-0.39, 0.29) is 43.0 Å². The zero-order valence-corrected chi connectivity index (χ0v) is 38.0. The number of aliphatic hydroxyl groups is 12. The molecule has 0 amide bonds. The third kappa shape index (κ3) is 8.98. The molecule has 4 aliphatic carbocycles. The van der Waals surface area contributed by atoms with Gasteiger partial charge in [0.2, 0.25) is 0 Å². The van der Waals surface area contributed by atoms with Crippen LogP contribution in [0, 0.1) is 40.4 Å². The summed E-state index contributed by atoms with van der Waals surface area (Å²) in [6, 6.07) is 0. The molecule has 4 heterocycles.